The molecule has 98 valence electrons. The number of aryl methyl sites for hydroxylation is 1. The van der Waals surface area contributed by atoms with Crippen LogP contribution in [0.1, 0.15) is 37.2 Å². The largest absolute Gasteiger partial charge is 0.337 e. The second-order valence-corrected chi connectivity index (χ2v) is 5.13. The Morgan fingerprint density at radius 2 is 2.05 bits per heavy atom. The van der Waals surface area contributed by atoms with Crippen molar-refractivity contribution in [3.8, 4) is 0 Å². The van der Waals surface area contributed by atoms with Gasteiger partial charge in [0.1, 0.15) is 6.54 Å². The van der Waals surface area contributed by atoms with Crippen LogP contribution < -0.4 is 0 Å². The summed E-state index contributed by atoms with van der Waals surface area (Å²) in [5.41, 5.74) is 2.40. The van der Waals surface area contributed by atoms with Crippen LogP contribution in [-0.4, -0.2) is 14.7 Å². The minimum Gasteiger partial charge on any atom is -0.337 e. The van der Waals surface area contributed by atoms with E-state index in [-0.39, 0.29) is 0 Å². The zero-order valence-corrected chi connectivity index (χ0v) is 11.4. The highest BCUT2D eigenvalue weighted by atomic mass is 16.5. The molecule has 0 aliphatic rings. The predicted molar refractivity (Wildman–Crippen MR) is 74.2 cm³/mol. The molecule has 1 aromatic carbocycles. The second-order valence-electron chi connectivity index (χ2n) is 5.13. The Morgan fingerprint density at radius 1 is 1.26 bits per heavy atom. The van der Waals surface area contributed by atoms with Crippen LogP contribution in [0.2, 0.25) is 0 Å². The van der Waals surface area contributed by atoms with E-state index in [0.29, 0.717) is 18.4 Å². The predicted octanol–water partition coefficient (Wildman–Crippen LogP) is 3.50. The molecule has 3 rings (SSSR count). The Morgan fingerprint density at radius 3 is 2.79 bits per heavy atom. The lowest BCUT2D eigenvalue weighted by Gasteiger charge is -2.04. The fourth-order valence-corrected chi connectivity index (χ4v) is 2.26. The highest BCUT2D eigenvalue weighted by molar-refractivity contribution is 5.81. The Balaban J connectivity index is 1.98. The van der Waals surface area contributed by atoms with Crippen LogP contribution >= 0.6 is 0 Å². The van der Waals surface area contributed by atoms with Gasteiger partial charge in [-0.05, 0) is 24.4 Å². The number of rotatable bonds is 3. The number of para-hydroxylation sites is 1. The molecule has 19 heavy (non-hydrogen) atoms. The van der Waals surface area contributed by atoms with Gasteiger partial charge in [-0.1, -0.05) is 37.2 Å². The summed E-state index contributed by atoms with van der Waals surface area (Å²) in [6.07, 6.45) is 0. The van der Waals surface area contributed by atoms with E-state index in [4.69, 9.17) is 4.52 Å². The van der Waals surface area contributed by atoms with Crippen molar-refractivity contribution < 1.29 is 4.52 Å². The average Bonchev–Trinajstić information content (AvgIpc) is 2.96. The van der Waals surface area contributed by atoms with Crippen molar-refractivity contribution in [2.24, 2.45) is 0 Å². The van der Waals surface area contributed by atoms with Crippen LogP contribution in [0.5, 0.6) is 0 Å². The maximum absolute atomic E-state index is 5.32. The number of hydrogen-bond donors (Lipinski definition) is 0. The molecule has 3 aromatic rings. The van der Waals surface area contributed by atoms with Crippen molar-refractivity contribution in [1.29, 1.82) is 0 Å². The lowest BCUT2D eigenvalue weighted by molar-refractivity contribution is 0.365. The van der Waals surface area contributed by atoms with Crippen molar-refractivity contribution >= 4 is 10.9 Å². The van der Waals surface area contributed by atoms with Gasteiger partial charge in [0.05, 0.1) is 0 Å². The first-order valence-corrected chi connectivity index (χ1v) is 6.52. The monoisotopic (exact) mass is 255 g/mol. The number of fused-ring (bicyclic) bond motifs is 1. The molecule has 0 spiro atoms. The van der Waals surface area contributed by atoms with E-state index in [1.807, 2.05) is 6.07 Å². The zero-order chi connectivity index (χ0) is 13.4. The number of nitrogens with zero attached hydrogens (tertiary/aromatic N) is 3. The molecule has 4 heteroatoms. The third kappa shape index (κ3) is 2.14. The number of aromatic nitrogens is 3. The molecule has 0 aliphatic heterocycles. The van der Waals surface area contributed by atoms with Gasteiger partial charge in [0.15, 0.2) is 5.82 Å². The van der Waals surface area contributed by atoms with Gasteiger partial charge in [0, 0.05) is 17.1 Å². The maximum atomic E-state index is 5.32. The molecule has 2 aromatic heterocycles. The standard InChI is InChI=1S/C15H17N3O/c1-10(2)15-16-14(19-17-15)9-18-11(3)8-12-6-4-5-7-13(12)18/h4-8,10H,9H2,1-3H3. The van der Waals surface area contributed by atoms with Crippen LogP contribution in [0, 0.1) is 6.92 Å². The first-order chi connectivity index (χ1) is 9.15. The summed E-state index contributed by atoms with van der Waals surface area (Å²) in [7, 11) is 0. The molecular formula is C15H17N3O. The minimum atomic E-state index is 0.292. The molecular weight excluding hydrogens is 238 g/mol. The SMILES string of the molecule is Cc1cc2ccccc2n1Cc1nc(C(C)C)no1. The van der Waals surface area contributed by atoms with Gasteiger partial charge in [-0.25, -0.2) is 0 Å². The molecule has 0 radical (unpaired) electrons. The van der Waals surface area contributed by atoms with Crippen LogP contribution in [0.3, 0.4) is 0 Å². The summed E-state index contributed by atoms with van der Waals surface area (Å²) >= 11 is 0. The smallest absolute Gasteiger partial charge is 0.246 e. The second kappa shape index (κ2) is 4.53. The Labute approximate surface area is 112 Å². The zero-order valence-electron chi connectivity index (χ0n) is 11.4. The molecule has 0 saturated carbocycles. The lowest BCUT2D eigenvalue weighted by atomic mass is 10.2. The summed E-state index contributed by atoms with van der Waals surface area (Å²) in [5, 5.41) is 5.25. The summed E-state index contributed by atoms with van der Waals surface area (Å²) in [5.74, 6) is 1.72. The van der Waals surface area contributed by atoms with Crippen LogP contribution in [-0.2, 0) is 6.54 Å². The van der Waals surface area contributed by atoms with E-state index >= 15 is 0 Å². The normalized spacial score (nSPS) is 11.6. The van der Waals surface area contributed by atoms with Gasteiger partial charge in [-0.3, -0.25) is 0 Å². The molecule has 0 unspecified atom stereocenters. The van der Waals surface area contributed by atoms with Gasteiger partial charge in [-0.2, -0.15) is 4.98 Å². The highest BCUT2D eigenvalue weighted by Crippen LogP contribution is 2.20. The van der Waals surface area contributed by atoms with Crippen LogP contribution in [0.15, 0.2) is 34.9 Å². The van der Waals surface area contributed by atoms with Crippen molar-refractivity contribution in [2.75, 3.05) is 0 Å². The Kier molecular flexibility index (Phi) is 2.85. The third-order valence-corrected chi connectivity index (χ3v) is 3.31. The summed E-state index contributed by atoms with van der Waals surface area (Å²) < 4.78 is 7.52. The molecule has 0 fully saturated rings. The van der Waals surface area contributed by atoms with Gasteiger partial charge in [0.25, 0.3) is 0 Å². The van der Waals surface area contributed by atoms with Gasteiger partial charge >= 0.3 is 0 Å². The number of hydrogen-bond acceptors (Lipinski definition) is 3. The number of benzene rings is 1. The van der Waals surface area contributed by atoms with Crippen molar-refractivity contribution in [1.82, 2.24) is 14.7 Å². The molecule has 0 amide bonds. The van der Waals surface area contributed by atoms with Crippen molar-refractivity contribution in [3.63, 3.8) is 0 Å². The fourth-order valence-electron chi connectivity index (χ4n) is 2.26. The van der Waals surface area contributed by atoms with E-state index in [0.717, 1.165) is 5.82 Å². The molecule has 4 nitrogen and oxygen atoms in total. The first kappa shape index (κ1) is 12.0. The average molecular weight is 255 g/mol. The van der Waals surface area contributed by atoms with E-state index in [1.54, 1.807) is 0 Å². The third-order valence-electron chi connectivity index (χ3n) is 3.31. The van der Waals surface area contributed by atoms with Crippen LogP contribution in [0.25, 0.3) is 10.9 Å². The van der Waals surface area contributed by atoms with Gasteiger partial charge in [-0.15, -0.1) is 0 Å². The maximum Gasteiger partial charge on any atom is 0.246 e. The van der Waals surface area contributed by atoms with Gasteiger partial charge in [0.2, 0.25) is 5.89 Å². The van der Waals surface area contributed by atoms with Gasteiger partial charge < -0.3 is 9.09 Å². The fraction of sp³-hybridized carbons (Fsp3) is 0.333. The highest BCUT2D eigenvalue weighted by Gasteiger charge is 2.12. The van der Waals surface area contributed by atoms with Crippen molar-refractivity contribution in [3.05, 3.63) is 47.7 Å². The lowest BCUT2D eigenvalue weighted by Crippen LogP contribution is -2.02. The molecule has 0 N–H and O–H groups in total. The molecule has 0 aliphatic carbocycles. The first-order valence-electron chi connectivity index (χ1n) is 6.52. The molecule has 0 atom stereocenters. The molecule has 0 saturated heterocycles. The summed E-state index contributed by atoms with van der Waals surface area (Å²) in [4.78, 5) is 4.43. The van der Waals surface area contributed by atoms with E-state index in [1.165, 1.54) is 16.6 Å². The molecule has 0 bridgehead atoms. The Bertz CT molecular complexity index is 709. The summed E-state index contributed by atoms with van der Waals surface area (Å²) in [6.45, 7) is 6.84. The topological polar surface area (TPSA) is 43.9 Å². The molecule has 2 heterocycles. The van der Waals surface area contributed by atoms with E-state index in [9.17, 15) is 0 Å². The Hall–Kier alpha value is -2.10. The van der Waals surface area contributed by atoms with E-state index in [2.05, 4.69) is 59.7 Å². The van der Waals surface area contributed by atoms with Crippen LogP contribution in [0.4, 0.5) is 0 Å². The summed E-state index contributed by atoms with van der Waals surface area (Å²) in [6, 6.07) is 10.5. The van der Waals surface area contributed by atoms with E-state index < -0.39 is 0 Å². The van der Waals surface area contributed by atoms with Crippen molar-refractivity contribution in [2.45, 2.75) is 33.2 Å². The quantitative estimate of drug-likeness (QED) is 0.719. The minimum absolute atomic E-state index is 0.292.